The summed E-state index contributed by atoms with van der Waals surface area (Å²) in [4.78, 5) is 16.7. The number of anilines is 1. The Morgan fingerprint density at radius 1 is 1.37 bits per heavy atom. The summed E-state index contributed by atoms with van der Waals surface area (Å²) in [5, 5.41) is 2.32. The van der Waals surface area contributed by atoms with Gasteiger partial charge in [0, 0.05) is 17.6 Å². The molecule has 0 aliphatic heterocycles. The Hall–Kier alpha value is -1.62. The lowest BCUT2D eigenvalue weighted by Crippen LogP contribution is -2.23. The van der Waals surface area contributed by atoms with Crippen molar-refractivity contribution in [3.05, 3.63) is 33.6 Å². The molecule has 2 heterocycles. The maximum absolute atomic E-state index is 12.5. The molecule has 0 atom stereocenters. The zero-order valence-electron chi connectivity index (χ0n) is 11.3. The molecule has 0 saturated carbocycles. The number of pyridine rings is 1. The fraction of sp³-hybridized carbons (Fsp3) is 0.429. The largest absolute Gasteiger partial charge is 0.375 e. The van der Waals surface area contributed by atoms with Gasteiger partial charge in [-0.3, -0.25) is 4.79 Å². The van der Waals surface area contributed by atoms with E-state index in [-0.39, 0.29) is 5.56 Å². The van der Waals surface area contributed by atoms with Gasteiger partial charge in [0.15, 0.2) is 5.13 Å². The number of aryl methyl sites for hydroxylation is 1. The average molecular weight is 277 g/mol. The summed E-state index contributed by atoms with van der Waals surface area (Å²) in [7, 11) is 0. The summed E-state index contributed by atoms with van der Waals surface area (Å²) in [6.07, 6.45) is 3.32. The van der Waals surface area contributed by atoms with Crippen LogP contribution in [0.15, 0.2) is 22.3 Å². The Labute approximate surface area is 116 Å². The first kappa shape index (κ1) is 13.8. The minimum Gasteiger partial charge on any atom is -0.375 e. The molecule has 2 aromatic rings. The summed E-state index contributed by atoms with van der Waals surface area (Å²) in [5.74, 6) is 0. The van der Waals surface area contributed by atoms with E-state index >= 15 is 0 Å². The fourth-order valence-electron chi connectivity index (χ4n) is 2.07. The summed E-state index contributed by atoms with van der Waals surface area (Å²) >= 11 is 1.36. The number of aromatic nitrogens is 2. The van der Waals surface area contributed by atoms with Gasteiger partial charge in [0.25, 0.3) is 5.56 Å². The van der Waals surface area contributed by atoms with Gasteiger partial charge in [-0.05, 0) is 25.5 Å². The molecule has 0 aromatic carbocycles. The van der Waals surface area contributed by atoms with Gasteiger partial charge in [-0.15, -0.1) is 11.3 Å². The third kappa shape index (κ3) is 3.04. The van der Waals surface area contributed by atoms with Crippen LogP contribution in [0.1, 0.15) is 31.9 Å². The van der Waals surface area contributed by atoms with E-state index in [0.29, 0.717) is 16.4 Å². The number of unbranched alkanes of at least 4 members (excludes halogenated alkanes) is 2. The van der Waals surface area contributed by atoms with Crippen molar-refractivity contribution in [2.75, 3.05) is 5.73 Å². The number of thiazole rings is 1. The van der Waals surface area contributed by atoms with Crippen molar-refractivity contribution in [2.45, 2.75) is 39.7 Å². The van der Waals surface area contributed by atoms with Crippen LogP contribution in [0.2, 0.25) is 0 Å². The Morgan fingerprint density at radius 3 is 2.79 bits per heavy atom. The Kier molecular flexibility index (Phi) is 4.37. The lowest BCUT2D eigenvalue weighted by molar-refractivity contribution is 0.577. The van der Waals surface area contributed by atoms with Crippen molar-refractivity contribution in [1.29, 1.82) is 0 Å². The van der Waals surface area contributed by atoms with Crippen molar-refractivity contribution >= 4 is 16.5 Å². The molecule has 2 aromatic heterocycles. The van der Waals surface area contributed by atoms with E-state index in [1.807, 2.05) is 29.0 Å². The molecule has 0 unspecified atom stereocenters. The van der Waals surface area contributed by atoms with E-state index in [1.165, 1.54) is 11.3 Å². The van der Waals surface area contributed by atoms with Crippen LogP contribution >= 0.6 is 11.3 Å². The number of nitrogen functional groups attached to an aromatic ring is 1. The second kappa shape index (κ2) is 6.02. The van der Waals surface area contributed by atoms with Gasteiger partial charge in [-0.25, -0.2) is 4.98 Å². The van der Waals surface area contributed by atoms with Crippen molar-refractivity contribution in [3.63, 3.8) is 0 Å². The van der Waals surface area contributed by atoms with Crippen molar-refractivity contribution < 1.29 is 0 Å². The number of hydrogen-bond acceptors (Lipinski definition) is 4. The van der Waals surface area contributed by atoms with E-state index in [9.17, 15) is 4.79 Å². The maximum atomic E-state index is 12.5. The highest BCUT2D eigenvalue weighted by Crippen LogP contribution is 2.20. The van der Waals surface area contributed by atoms with Gasteiger partial charge in [0.2, 0.25) is 0 Å². The highest BCUT2D eigenvalue weighted by atomic mass is 32.1. The molecule has 4 nitrogen and oxygen atoms in total. The van der Waals surface area contributed by atoms with Crippen LogP contribution in [-0.4, -0.2) is 9.55 Å². The topological polar surface area (TPSA) is 60.9 Å². The van der Waals surface area contributed by atoms with Crippen LogP contribution in [0, 0.1) is 6.92 Å². The fourth-order valence-corrected chi connectivity index (χ4v) is 2.64. The van der Waals surface area contributed by atoms with Crippen LogP contribution in [0.4, 0.5) is 5.13 Å². The van der Waals surface area contributed by atoms with Crippen molar-refractivity contribution in [3.8, 4) is 11.3 Å². The molecule has 0 fully saturated rings. The summed E-state index contributed by atoms with van der Waals surface area (Å²) in [6.45, 7) is 4.89. The van der Waals surface area contributed by atoms with Crippen LogP contribution in [-0.2, 0) is 6.54 Å². The molecular formula is C14H19N3OS. The van der Waals surface area contributed by atoms with Crippen LogP contribution < -0.4 is 11.3 Å². The third-order valence-electron chi connectivity index (χ3n) is 3.18. The van der Waals surface area contributed by atoms with E-state index in [4.69, 9.17) is 5.73 Å². The minimum absolute atomic E-state index is 0.0291. The van der Waals surface area contributed by atoms with Crippen LogP contribution in [0.5, 0.6) is 0 Å². The zero-order chi connectivity index (χ0) is 13.8. The molecule has 0 saturated heterocycles. The predicted octanol–water partition coefficient (Wildman–Crippen LogP) is 3.05. The van der Waals surface area contributed by atoms with Gasteiger partial charge in [0.05, 0.1) is 11.3 Å². The molecule has 0 amide bonds. The summed E-state index contributed by atoms with van der Waals surface area (Å²) in [6, 6.07) is 3.81. The molecule has 0 aliphatic carbocycles. The quantitative estimate of drug-likeness (QED) is 0.854. The van der Waals surface area contributed by atoms with E-state index in [0.717, 1.165) is 31.5 Å². The highest BCUT2D eigenvalue weighted by molar-refractivity contribution is 7.13. The van der Waals surface area contributed by atoms with Crippen LogP contribution in [0.25, 0.3) is 11.3 Å². The molecule has 0 radical (unpaired) electrons. The zero-order valence-corrected chi connectivity index (χ0v) is 12.2. The van der Waals surface area contributed by atoms with Crippen molar-refractivity contribution in [2.24, 2.45) is 0 Å². The molecule has 5 heteroatoms. The lowest BCUT2D eigenvalue weighted by Gasteiger charge is -2.10. The van der Waals surface area contributed by atoms with Crippen molar-refractivity contribution in [1.82, 2.24) is 9.55 Å². The Balaban J connectivity index is 2.37. The standard InChI is InChI=1S/C14H19N3OS/c1-3-4-5-8-17-10(2)6-7-11(13(17)18)12-9-19-14(15)16-12/h6-7,9H,3-5,8H2,1-2H3,(H2,15,16). The first-order valence-corrected chi connectivity index (χ1v) is 7.43. The van der Waals surface area contributed by atoms with Gasteiger partial charge < -0.3 is 10.3 Å². The average Bonchev–Trinajstić information content (AvgIpc) is 2.80. The first-order chi connectivity index (χ1) is 9.13. The molecule has 2 N–H and O–H groups in total. The molecule has 102 valence electrons. The number of hydrogen-bond donors (Lipinski definition) is 1. The van der Waals surface area contributed by atoms with Gasteiger partial charge in [0.1, 0.15) is 0 Å². The van der Waals surface area contributed by atoms with Gasteiger partial charge in [-0.1, -0.05) is 19.8 Å². The van der Waals surface area contributed by atoms with E-state index in [1.54, 1.807) is 0 Å². The molecule has 0 bridgehead atoms. The number of nitrogens with two attached hydrogens (primary N) is 1. The molecule has 0 aliphatic rings. The first-order valence-electron chi connectivity index (χ1n) is 6.55. The normalized spacial score (nSPS) is 10.8. The second-order valence-corrected chi connectivity index (χ2v) is 5.51. The lowest BCUT2D eigenvalue weighted by atomic mass is 10.2. The Morgan fingerprint density at radius 2 is 2.16 bits per heavy atom. The monoisotopic (exact) mass is 277 g/mol. The number of rotatable bonds is 5. The third-order valence-corrected chi connectivity index (χ3v) is 3.85. The minimum atomic E-state index is 0.0291. The molecular weight excluding hydrogens is 258 g/mol. The Bertz CT molecular complexity index is 615. The van der Waals surface area contributed by atoms with Crippen LogP contribution in [0.3, 0.4) is 0 Å². The van der Waals surface area contributed by atoms with Gasteiger partial charge in [-0.2, -0.15) is 0 Å². The highest BCUT2D eigenvalue weighted by Gasteiger charge is 2.10. The molecule has 2 rings (SSSR count). The predicted molar refractivity (Wildman–Crippen MR) is 80.5 cm³/mol. The van der Waals surface area contributed by atoms with Gasteiger partial charge >= 0.3 is 0 Å². The molecule has 0 spiro atoms. The molecule has 19 heavy (non-hydrogen) atoms. The second-order valence-electron chi connectivity index (χ2n) is 4.62. The maximum Gasteiger partial charge on any atom is 0.260 e. The SMILES string of the molecule is CCCCCn1c(C)ccc(-c2csc(N)n2)c1=O. The summed E-state index contributed by atoms with van der Waals surface area (Å²) in [5.41, 5.74) is 7.97. The number of nitrogens with zero attached hydrogens (tertiary/aromatic N) is 2. The van der Waals surface area contributed by atoms with E-state index < -0.39 is 0 Å². The van der Waals surface area contributed by atoms with E-state index in [2.05, 4.69) is 11.9 Å². The smallest absolute Gasteiger partial charge is 0.260 e. The summed E-state index contributed by atoms with van der Waals surface area (Å²) < 4.78 is 1.83.